The Morgan fingerprint density at radius 2 is 2.00 bits per heavy atom. The molecule has 3 aromatic rings. The lowest BCUT2D eigenvalue weighted by Crippen LogP contribution is -2.22. The van der Waals surface area contributed by atoms with Gasteiger partial charge in [0.05, 0.1) is 23.3 Å². The van der Waals surface area contributed by atoms with Crippen LogP contribution in [0.3, 0.4) is 0 Å². The molecule has 0 aliphatic heterocycles. The maximum atomic E-state index is 11.7. The van der Waals surface area contributed by atoms with Crippen LogP contribution in [0.1, 0.15) is 5.56 Å². The number of benzene rings is 1. The molecule has 0 bridgehead atoms. The molecule has 0 saturated carbocycles. The minimum Gasteiger partial charge on any atom is -0.293 e. The van der Waals surface area contributed by atoms with E-state index in [1.54, 1.807) is 0 Å². The first-order valence-corrected chi connectivity index (χ1v) is 6.65. The number of pyridine rings is 1. The van der Waals surface area contributed by atoms with E-state index >= 15 is 0 Å². The van der Waals surface area contributed by atoms with Crippen molar-refractivity contribution >= 4 is 34.1 Å². The lowest BCUT2D eigenvalue weighted by Gasteiger charge is -2.08. The fourth-order valence-electron chi connectivity index (χ4n) is 1.97. The molecule has 0 atom stereocenters. The zero-order valence-electron chi connectivity index (χ0n) is 10.3. The highest BCUT2D eigenvalue weighted by molar-refractivity contribution is 6.30. The van der Waals surface area contributed by atoms with Crippen LogP contribution in [-0.4, -0.2) is 14.5 Å². The number of aromatic nitrogens is 3. The molecule has 0 aliphatic carbocycles. The van der Waals surface area contributed by atoms with Crippen LogP contribution in [-0.2, 0) is 6.54 Å². The molecule has 2 heterocycles. The van der Waals surface area contributed by atoms with Crippen molar-refractivity contribution in [1.29, 1.82) is 0 Å². The average molecular weight is 306 g/mol. The Morgan fingerprint density at radius 1 is 1.20 bits per heavy atom. The molecular formula is C14H9Cl2N3O. The average Bonchev–Trinajstić information content (AvgIpc) is 2.43. The van der Waals surface area contributed by atoms with Crippen molar-refractivity contribution < 1.29 is 0 Å². The second kappa shape index (κ2) is 5.23. The Bertz CT molecular complexity index is 845. The second-order valence-electron chi connectivity index (χ2n) is 4.31. The van der Waals surface area contributed by atoms with E-state index in [-0.39, 0.29) is 12.2 Å². The van der Waals surface area contributed by atoms with Gasteiger partial charge in [0, 0.05) is 17.1 Å². The van der Waals surface area contributed by atoms with Gasteiger partial charge in [0.15, 0.2) is 0 Å². The molecule has 3 rings (SSSR count). The summed E-state index contributed by atoms with van der Waals surface area (Å²) in [5.41, 5.74) is 1.19. The molecule has 0 amide bonds. The molecule has 0 aliphatic rings. The predicted molar refractivity (Wildman–Crippen MR) is 79.4 cm³/mol. The lowest BCUT2D eigenvalue weighted by atomic mass is 10.1. The molecule has 0 unspecified atom stereocenters. The maximum absolute atomic E-state index is 11.7. The first kappa shape index (κ1) is 13.1. The molecule has 0 spiro atoms. The molecule has 2 aromatic heterocycles. The summed E-state index contributed by atoms with van der Waals surface area (Å²) in [6.45, 7) is 0.281. The molecule has 0 fully saturated rings. The van der Waals surface area contributed by atoms with Crippen molar-refractivity contribution in [2.75, 3.05) is 0 Å². The zero-order chi connectivity index (χ0) is 14.1. The van der Waals surface area contributed by atoms with Gasteiger partial charge in [-0.25, -0.2) is 14.8 Å². The Balaban J connectivity index is 2.08. The number of rotatable bonds is 2. The van der Waals surface area contributed by atoms with Crippen LogP contribution in [0.2, 0.25) is 10.2 Å². The molecule has 1 aromatic carbocycles. The van der Waals surface area contributed by atoms with E-state index in [9.17, 15) is 4.79 Å². The SMILES string of the molecule is O=c1ncc(Cl)cn1Cc1cc2ccccc2nc1Cl. The van der Waals surface area contributed by atoms with Gasteiger partial charge in [0.25, 0.3) is 0 Å². The van der Waals surface area contributed by atoms with Crippen molar-refractivity contribution in [2.24, 2.45) is 0 Å². The van der Waals surface area contributed by atoms with E-state index < -0.39 is 0 Å². The summed E-state index contributed by atoms with van der Waals surface area (Å²) in [6.07, 6.45) is 2.85. The van der Waals surface area contributed by atoms with Crippen LogP contribution in [0, 0.1) is 0 Å². The maximum Gasteiger partial charge on any atom is 0.347 e. The third-order valence-corrected chi connectivity index (χ3v) is 3.44. The quantitative estimate of drug-likeness (QED) is 0.683. The van der Waals surface area contributed by atoms with E-state index in [2.05, 4.69) is 9.97 Å². The van der Waals surface area contributed by atoms with Crippen LogP contribution < -0.4 is 5.69 Å². The molecule has 0 saturated heterocycles. The normalized spacial score (nSPS) is 10.9. The van der Waals surface area contributed by atoms with Crippen molar-refractivity contribution in [1.82, 2.24) is 14.5 Å². The molecule has 100 valence electrons. The molecular weight excluding hydrogens is 297 g/mol. The number of para-hydroxylation sites is 1. The Labute approximate surface area is 124 Å². The van der Waals surface area contributed by atoms with Crippen molar-refractivity contribution in [2.45, 2.75) is 6.54 Å². The van der Waals surface area contributed by atoms with Gasteiger partial charge in [-0.2, -0.15) is 0 Å². The van der Waals surface area contributed by atoms with Crippen LogP contribution >= 0.6 is 23.2 Å². The fourth-order valence-corrected chi connectivity index (χ4v) is 2.34. The number of hydrogen-bond donors (Lipinski definition) is 0. The van der Waals surface area contributed by atoms with E-state index in [1.165, 1.54) is 17.0 Å². The van der Waals surface area contributed by atoms with Gasteiger partial charge in [-0.3, -0.25) is 4.57 Å². The number of nitrogens with zero attached hydrogens (tertiary/aromatic N) is 3. The molecule has 6 heteroatoms. The first-order chi connectivity index (χ1) is 9.63. The summed E-state index contributed by atoms with van der Waals surface area (Å²) in [4.78, 5) is 19.7. The summed E-state index contributed by atoms with van der Waals surface area (Å²) >= 11 is 12.0. The van der Waals surface area contributed by atoms with Gasteiger partial charge in [0.1, 0.15) is 5.15 Å². The molecule has 0 radical (unpaired) electrons. The lowest BCUT2D eigenvalue weighted by molar-refractivity contribution is 0.726. The highest BCUT2D eigenvalue weighted by Gasteiger charge is 2.07. The van der Waals surface area contributed by atoms with Gasteiger partial charge < -0.3 is 0 Å². The predicted octanol–water partition coefficient (Wildman–Crippen LogP) is 3.15. The van der Waals surface area contributed by atoms with E-state index in [0.29, 0.717) is 10.2 Å². The van der Waals surface area contributed by atoms with Gasteiger partial charge in [0.2, 0.25) is 0 Å². The second-order valence-corrected chi connectivity index (χ2v) is 5.11. The molecule has 0 N–H and O–H groups in total. The molecule has 20 heavy (non-hydrogen) atoms. The van der Waals surface area contributed by atoms with Crippen LogP contribution in [0.4, 0.5) is 0 Å². The van der Waals surface area contributed by atoms with E-state index in [4.69, 9.17) is 23.2 Å². The van der Waals surface area contributed by atoms with Crippen LogP contribution in [0.25, 0.3) is 10.9 Å². The van der Waals surface area contributed by atoms with Gasteiger partial charge in [-0.1, -0.05) is 41.4 Å². The van der Waals surface area contributed by atoms with Crippen molar-refractivity contribution in [3.63, 3.8) is 0 Å². The zero-order valence-corrected chi connectivity index (χ0v) is 11.8. The third kappa shape index (κ3) is 2.53. The highest BCUT2D eigenvalue weighted by atomic mass is 35.5. The van der Waals surface area contributed by atoms with E-state index in [1.807, 2.05) is 30.3 Å². The number of halogens is 2. The largest absolute Gasteiger partial charge is 0.347 e. The summed E-state index contributed by atoms with van der Waals surface area (Å²) < 4.78 is 1.40. The van der Waals surface area contributed by atoms with Crippen molar-refractivity contribution in [3.05, 3.63) is 68.9 Å². The smallest absolute Gasteiger partial charge is 0.293 e. The number of hydrogen-bond acceptors (Lipinski definition) is 3. The van der Waals surface area contributed by atoms with Crippen LogP contribution in [0.15, 0.2) is 47.5 Å². The number of fused-ring (bicyclic) bond motifs is 1. The highest BCUT2D eigenvalue weighted by Crippen LogP contribution is 2.21. The third-order valence-electron chi connectivity index (χ3n) is 2.91. The van der Waals surface area contributed by atoms with Gasteiger partial charge >= 0.3 is 5.69 Å². The van der Waals surface area contributed by atoms with Crippen molar-refractivity contribution in [3.8, 4) is 0 Å². The summed E-state index contributed by atoms with van der Waals surface area (Å²) in [5, 5.41) is 1.74. The Kier molecular flexibility index (Phi) is 3.42. The Hall–Kier alpha value is -1.91. The standard InChI is InChI=1S/C14H9Cl2N3O/c15-11-6-17-14(20)19(8-11)7-10-5-9-3-1-2-4-12(9)18-13(10)16/h1-6,8H,7H2. The molecule has 4 nitrogen and oxygen atoms in total. The topological polar surface area (TPSA) is 47.8 Å². The monoisotopic (exact) mass is 305 g/mol. The van der Waals surface area contributed by atoms with Gasteiger partial charge in [-0.05, 0) is 12.1 Å². The summed E-state index contributed by atoms with van der Waals surface area (Å²) in [5.74, 6) is 0. The van der Waals surface area contributed by atoms with Gasteiger partial charge in [-0.15, -0.1) is 0 Å². The first-order valence-electron chi connectivity index (χ1n) is 5.89. The minimum absolute atomic E-state index is 0.281. The summed E-state index contributed by atoms with van der Waals surface area (Å²) in [7, 11) is 0. The van der Waals surface area contributed by atoms with Crippen LogP contribution in [0.5, 0.6) is 0 Å². The fraction of sp³-hybridized carbons (Fsp3) is 0.0714. The minimum atomic E-state index is -0.376. The summed E-state index contributed by atoms with van der Waals surface area (Å²) in [6, 6.07) is 9.57. The van der Waals surface area contributed by atoms with E-state index in [0.717, 1.165) is 16.5 Å². The Morgan fingerprint density at radius 3 is 2.85 bits per heavy atom.